The van der Waals surface area contributed by atoms with Gasteiger partial charge < -0.3 is 5.32 Å². The van der Waals surface area contributed by atoms with E-state index in [9.17, 15) is 22.4 Å². The number of alkyl halides is 3. The summed E-state index contributed by atoms with van der Waals surface area (Å²) in [4.78, 5) is 14.5. The molecule has 162 valence electrons. The number of anilines is 1. The van der Waals surface area contributed by atoms with Crippen LogP contribution in [-0.2, 0) is 19.8 Å². The van der Waals surface area contributed by atoms with Gasteiger partial charge in [0, 0.05) is 38.8 Å². The van der Waals surface area contributed by atoms with Crippen LogP contribution in [0, 0.1) is 5.82 Å². The number of nitrogens with zero attached hydrogens (tertiary/aromatic N) is 5. The molecule has 1 aromatic carbocycles. The highest BCUT2D eigenvalue weighted by Crippen LogP contribution is 2.33. The molecule has 0 atom stereocenters. The number of hydrogen-bond donors (Lipinski definition) is 1. The fourth-order valence-electron chi connectivity index (χ4n) is 3.58. The van der Waals surface area contributed by atoms with Crippen LogP contribution in [-0.4, -0.2) is 43.9 Å². The summed E-state index contributed by atoms with van der Waals surface area (Å²) in [6.07, 6.45) is -0.105. The van der Waals surface area contributed by atoms with E-state index in [4.69, 9.17) is 0 Å². The van der Waals surface area contributed by atoms with Gasteiger partial charge in [0.15, 0.2) is 0 Å². The van der Waals surface area contributed by atoms with E-state index < -0.39 is 17.6 Å². The van der Waals surface area contributed by atoms with Gasteiger partial charge in [0.2, 0.25) is 0 Å². The van der Waals surface area contributed by atoms with Crippen molar-refractivity contribution in [3.63, 3.8) is 0 Å². The lowest BCUT2D eigenvalue weighted by molar-refractivity contribution is -0.137. The van der Waals surface area contributed by atoms with Gasteiger partial charge in [-0.15, -0.1) is 0 Å². The summed E-state index contributed by atoms with van der Waals surface area (Å²) in [7, 11) is 1.70. The first kappa shape index (κ1) is 20.9. The van der Waals surface area contributed by atoms with E-state index in [0.717, 1.165) is 12.1 Å². The number of carbonyl (C=O) groups excluding carboxylic acids is 1. The quantitative estimate of drug-likeness (QED) is 0.624. The summed E-state index contributed by atoms with van der Waals surface area (Å²) in [6.45, 7) is 1.16. The molecule has 11 heteroatoms. The number of carbonyl (C=O) groups is 1. The van der Waals surface area contributed by atoms with Crippen molar-refractivity contribution in [3.05, 3.63) is 71.1 Å². The molecule has 1 aliphatic rings. The number of hydrogen-bond acceptors (Lipinski definition) is 5. The zero-order chi connectivity index (χ0) is 22.2. The number of aromatic nitrogens is 4. The Hall–Kier alpha value is -3.34. The zero-order valence-corrected chi connectivity index (χ0v) is 16.4. The van der Waals surface area contributed by atoms with Crippen LogP contribution in [0.25, 0.3) is 0 Å². The van der Waals surface area contributed by atoms with E-state index in [-0.39, 0.29) is 23.9 Å². The van der Waals surface area contributed by atoms with Gasteiger partial charge in [-0.1, -0.05) is 0 Å². The normalized spacial score (nSPS) is 15.0. The molecule has 1 N–H and O–H groups in total. The first-order valence-corrected chi connectivity index (χ1v) is 9.39. The van der Waals surface area contributed by atoms with E-state index >= 15 is 0 Å². The molecule has 3 heterocycles. The van der Waals surface area contributed by atoms with Gasteiger partial charge >= 0.3 is 6.18 Å². The van der Waals surface area contributed by atoms with Crippen LogP contribution >= 0.6 is 0 Å². The fourth-order valence-corrected chi connectivity index (χ4v) is 3.58. The molecule has 3 aromatic rings. The number of benzene rings is 1. The van der Waals surface area contributed by atoms with Gasteiger partial charge in [0.25, 0.3) is 5.91 Å². The second kappa shape index (κ2) is 8.06. The van der Waals surface area contributed by atoms with Crippen molar-refractivity contribution in [3.8, 4) is 0 Å². The van der Waals surface area contributed by atoms with Gasteiger partial charge in [0.1, 0.15) is 5.82 Å². The predicted octanol–water partition coefficient (Wildman–Crippen LogP) is 3.22. The van der Waals surface area contributed by atoms with Crippen molar-refractivity contribution in [1.29, 1.82) is 0 Å². The number of amides is 1. The number of aryl methyl sites for hydroxylation is 1. The van der Waals surface area contributed by atoms with Crippen LogP contribution in [0.3, 0.4) is 0 Å². The SMILES string of the molecule is Cn1cc(C(=O)Nc2ccnnc2)c(C2CN(Cc3cc(F)cc(C(F)(F)F)c3)C2)n1. The van der Waals surface area contributed by atoms with Gasteiger partial charge in [-0.3, -0.25) is 14.4 Å². The Labute approximate surface area is 174 Å². The Morgan fingerprint density at radius 1 is 1.23 bits per heavy atom. The smallest absolute Gasteiger partial charge is 0.320 e. The van der Waals surface area contributed by atoms with Gasteiger partial charge in [-0.2, -0.15) is 28.5 Å². The summed E-state index contributed by atoms with van der Waals surface area (Å²) in [5.74, 6) is -1.32. The Kier molecular flexibility index (Phi) is 5.44. The number of halogens is 4. The van der Waals surface area contributed by atoms with Crippen LogP contribution in [0.4, 0.5) is 23.2 Å². The lowest BCUT2D eigenvalue weighted by Crippen LogP contribution is -2.45. The summed E-state index contributed by atoms with van der Waals surface area (Å²) >= 11 is 0. The lowest BCUT2D eigenvalue weighted by atomic mass is 9.92. The third kappa shape index (κ3) is 4.71. The first-order chi connectivity index (χ1) is 14.7. The van der Waals surface area contributed by atoms with Crippen molar-refractivity contribution in [2.45, 2.75) is 18.6 Å². The maximum Gasteiger partial charge on any atom is 0.416 e. The maximum absolute atomic E-state index is 13.6. The monoisotopic (exact) mass is 434 g/mol. The highest BCUT2D eigenvalue weighted by molar-refractivity contribution is 6.05. The van der Waals surface area contributed by atoms with Gasteiger partial charge in [-0.25, -0.2) is 4.39 Å². The number of nitrogens with one attached hydrogen (secondary N) is 1. The average molecular weight is 434 g/mol. The summed E-state index contributed by atoms with van der Waals surface area (Å²) in [6, 6.07) is 4.16. The summed E-state index contributed by atoms with van der Waals surface area (Å²) in [5.41, 5.74) is 0.753. The van der Waals surface area contributed by atoms with E-state index in [0.29, 0.717) is 36.1 Å². The Morgan fingerprint density at radius 2 is 2.00 bits per heavy atom. The maximum atomic E-state index is 13.6. The van der Waals surface area contributed by atoms with Gasteiger partial charge in [0.05, 0.1) is 34.9 Å². The van der Waals surface area contributed by atoms with Crippen LogP contribution in [0.5, 0.6) is 0 Å². The second-order valence-corrected chi connectivity index (χ2v) is 7.42. The molecule has 31 heavy (non-hydrogen) atoms. The third-order valence-electron chi connectivity index (χ3n) is 4.98. The molecule has 1 aliphatic heterocycles. The number of rotatable bonds is 5. The molecule has 1 fully saturated rings. The van der Waals surface area contributed by atoms with Crippen molar-refractivity contribution in [2.75, 3.05) is 18.4 Å². The molecular weight excluding hydrogens is 416 g/mol. The molecule has 0 radical (unpaired) electrons. The van der Waals surface area contributed by atoms with Gasteiger partial charge in [-0.05, 0) is 29.8 Å². The summed E-state index contributed by atoms with van der Waals surface area (Å²) in [5, 5.41) is 14.5. The molecule has 0 saturated carbocycles. The molecule has 1 amide bonds. The molecule has 1 saturated heterocycles. The minimum absolute atomic E-state index is 0.0619. The number of likely N-dealkylation sites (tertiary alicyclic amines) is 1. The Morgan fingerprint density at radius 3 is 2.68 bits per heavy atom. The van der Waals surface area contributed by atoms with Crippen molar-refractivity contribution in [1.82, 2.24) is 24.9 Å². The average Bonchev–Trinajstić information content (AvgIpc) is 3.05. The van der Waals surface area contributed by atoms with Crippen molar-refractivity contribution < 1.29 is 22.4 Å². The highest BCUT2D eigenvalue weighted by atomic mass is 19.4. The van der Waals surface area contributed by atoms with Crippen LogP contribution < -0.4 is 5.32 Å². The van der Waals surface area contributed by atoms with E-state index in [1.807, 2.05) is 4.90 Å². The second-order valence-electron chi connectivity index (χ2n) is 7.42. The fraction of sp³-hybridized carbons (Fsp3) is 0.300. The standard InChI is InChI=1S/C20H18F4N6O/c1-29-11-17(19(31)27-16-2-3-25-26-7-16)18(28-29)13-9-30(10-13)8-12-4-14(20(22,23)24)6-15(21)5-12/h2-7,11,13H,8-10H2,1H3,(H,25,27,31). The van der Waals surface area contributed by atoms with Crippen molar-refractivity contribution in [2.24, 2.45) is 7.05 Å². The molecular formula is C20H18F4N6O. The van der Waals surface area contributed by atoms with Crippen LogP contribution in [0.15, 0.2) is 42.9 Å². The van der Waals surface area contributed by atoms with E-state index in [1.165, 1.54) is 12.4 Å². The molecule has 0 bridgehead atoms. The Balaban J connectivity index is 1.43. The van der Waals surface area contributed by atoms with Crippen molar-refractivity contribution >= 4 is 11.6 Å². The molecule has 0 aliphatic carbocycles. The first-order valence-electron chi connectivity index (χ1n) is 9.39. The van der Waals surface area contributed by atoms with Crippen LogP contribution in [0.1, 0.15) is 33.1 Å². The van der Waals surface area contributed by atoms with E-state index in [1.54, 1.807) is 24.0 Å². The minimum atomic E-state index is -4.60. The minimum Gasteiger partial charge on any atom is -0.320 e. The zero-order valence-electron chi connectivity index (χ0n) is 16.4. The molecule has 0 spiro atoms. The topological polar surface area (TPSA) is 75.9 Å². The van der Waals surface area contributed by atoms with E-state index in [2.05, 4.69) is 20.6 Å². The van der Waals surface area contributed by atoms with Crippen LogP contribution in [0.2, 0.25) is 0 Å². The largest absolute Gasteiger partial charge is 0.416 e. The highest BCUT2D eigenvalue weighted by Gasteiger charge is 2.35. The third-order valence-corrected chi connectivity index (χ3v) is 4.98. The molecule has 0 unspecified atom stereocenters. The molecule has 4 rings (SSSR count). The Bertz CT molecular complexity index is 1090. The lowest BCUT2D eigenvalue weighted by Gasteiger charge is -2.38. The summed E-state index contributed by atoms with van der Waals surface area (Å²) < 4.78 is 53.9. The predicted molar refractivity (Wildman–Crippen MR) is 103 cm³/mol. The molecule has 7 nitrogen and oxygen atoms in total. The molecule has 2 aromatic heterocycles.